The van der Waals surface area contributed by atoms with Gasteiger partial charge < -0.3 is 10.3 Å². The lowest BCUT2D eigenvalue weighted by Gasteiger charge is -1.98. The zero-order chi connectivity index (χ0) is 11.5. The Morgan fingerprint density at radius 1 is 1.31 bits per heavy atom. The number of hydrogen-bond donors (Lipinski definition) is 1. The fourth-order valence-corrected chi connectivity index (χ4v) is 1.36. The molecule has 0 aliphatic carbocycles. The van der Waals surface area contributed by atoms with E-state index in [2.05, 4.69) is 24.0 Å². The van der Waals surface area contributed by atoms with Crippen molar-refractivity contribution in [1.82, 2.24) is 10.1 Å². The van der Waals surface area contributed by atoms with Crippen molar-refractivity contribution in [3.63, 3.8) is 0 Å². The monoisotopic (exact) mass is 217 g/mol. The molecule has 16 heavy (non-hydrogen) atoms. The van der Waals surface area contributed by atoms with Crippen molar-refractivity contribution in [1.29, 1.82) is 0 Å². The highest BCUT2D eigenvalue weighted by Gasteiger charge is 2.12. The van der Waals surface area contributed by atoms with E-state index in [1.165, 1.54) is 0 Å². The van der Waals surface area contributed by atoms with E-state index in [0.717, 1.165) is 23.5 Å². The molecule has 4 nitrogen and oxygen atoms in total. The fraction of sp³-hybridized carbons (Fsp3) is 0.333. The largest absolute Gasteiger partial charge is 0.399 e. The molecule has 2 rings (SSSR count). The van der Waals surface area contributed by atoms with Gasteiger partial charge >= 0.3 is 0 Å². The average Bonchev–Trinajstić information content (AvgIpc) is 2.78. The molecular weight excluding hydrogens is 202 g/mol. The zero-order valence-corrected chi connectivity index (χ0v) is 9.47. The van der Waals surface area contributed by atoms with Gasteiger partial charge in [0.05, 0.1) is 0 Å². The van der Waals surface area contributed by atoms with Crippen LogP contribution in [0.2, 0.25) is 0 Å². The van der Waals surface area contributed by atoms with Crippen LogP contribution in [-0.4, -0.2) is 10.1 Å². The second-order valence-corrected chi connectivity index (χ2v) is 3.89. The Morgan fingerprint density at radius 3 is 2.62 bits per heavy atom. The van der Waals surface area contributed by atoms with E-state index in [4.69, 9.17) is 10.3 Å². The van der Waals surface area contributed by atoms with Crippen LogP contribution in [0.3, 0.4) is 0 Å². The summed E-state index contributed by atoms with van der Waals surface area (Å²) in [6.45, 7) is 4.18. The van der Waals surface area contributed by atoms with Crippen LogP contribution in [0.25, 0.3) is 11.5 Å². The summed E-state index contributed by atoms with van der Waals surface area (Å²) in [4.78, 5) is 4.36. The van der Waals surface area contributed by atoms with Crippen molar-refractivity contribution in [3.05, 3.63) is 30.1 Å². The van der Waals surface area contributed by atoms with Gasteiger partial charge in [0.1, 0.15) is 0 Å². The Labute approximate surface area is 94.5 Å². The molecular formula is C12H15N3O. The third kappa shape index (κ3) is 2.05. The first kappa shape index (κ1) is 10.7. The lowest BCUT2D eigenvalue weighted by Crippen LogP contribution is -1.93. The number of nitrogens with two attached hydrogens (primary N) is 1. The van der Waals surface area contributed by atoms with Gasteiger partial charge in [-0.3, -0.25) is 0 Å². The standard InChI is InChI=1S/C12H15N3O/c1-3-8(2)11-14-12(16-15-11)9-4-6-10(13)7-5-9/h4-8H,3,13H2,1-2H3. The van der Waals surface area contributed by atoms with E-state index in [0.29, 0.717) is 11.8 Å². The summed E-state index contributed by atoms with van der Waals surface area (Å²) in [7, 11) is 0. The Hall–Kier alpha value is -1.84. The average molecular weight is 217 g/mol. The van der Waals surface area contributed by atoms with Gasteiger partial charge in [0.15, 0.2) is 5.82 Å². The molecule has 0 fully saturated rings. The van der Waals surface area contributed by atoms with Gasteiger partial charge in [-0.15, -0.1) is 0 Å². The summed E-state index contributed by atoms with van der Waals surface area (Å²) in [6, 6.07) is 7.40. The van der Waals surface area contributed by atoms with Crippen LogP contribution in [-0.2, 0) is 0 Å². The molecule has 0 saturated heterocycles. The molecule has 1 atom stereocenters. The summed E-state index contributed by atoms with van der Waals surface area (Å²) in [5, 5.41) is 3.97. The smallest absolute Gasteiger partial charge is 0.257 e. The predicted molar refractivity (Wildman–Crippen MR) is 62.9 cm³/mol. The second-order valence-electron chi connectivity index (χ2n) is 3.89. The Kier molecular flexibility index (Phi) is 2.90. The molecule has 0 aliphatic heterocycles. The lowest BCUT2D eigenvalue weighted by atomic mass is 10.1. The van der Waals surface area contributed by atoms with Crippen LogP contribution >= 0.6 is 0 Å². The minimum Gasteiger partial charge on any atom is -0.399 e. The predicted octanol–water partition coefficient (Wildman–Crippen LogP) is 2.83. The quantitative estimate of drug-likeness (QED) is 0.803. The first-order valence-corrected chi connectivity index (χ1v) is 5.40. The number of anilines is 1. The summed E-state index contributed by atoms with van der Waals surface area (Å²) in [5.74, 6) is 1.64. The van der Waals surface area contributed by atoms with E-state index in [-0.39, 0.29) is 0 Å². The number of nitrogen functional groups attached to an aromatic ring is 1. The highest BCUT2D eigenvalue weighted by atomic mass is 16.5. The molecule has 0 aliphatic rings. The van der Waals surface area contributed by atoms with Crippen LogP contribution in [0.1, 0.15) is 32.0 Å². The van der Waals surface area contributed by atoms with E-state index >= 15 is 0 Å². The van der Waals surface area contributed by atoms with Crippen LogP contribution < -0.4 is 5.73 Å². The topological polar surface area (TPSA) is 64.9 Å². The van der Waals surface area contributed by atoms with E-state index in [9.17, 15) is 0 Å². The van der Waals surface area contributed by atoms with Crippen LogP contribution in [0.5, 0.6) is 0 Å². The van der Waals surface area contributed by atoms with E-state index < -0.39 is 0 Å². The number of aromatic nitrogens is 2. The van der Waals surface area contributed by atoms with Crippen molar-refractivity contribution < 1.29 is 4.52 Å². The maximum Gasteiger partial charge on any atom is 0.257 e. The van der Waals surface area contributed by atoms with Crippen LogP contribution in [0, 0.1) is 0 Å². The molecule has 0 radical (unpaired) electrons. The number of benzene rings is 1. The SMILES string of the molecule is CCC(C)c1noc(-c2ccc(N)cc2)n1. The van der Waals surface area contributed by atoms with Gasteiger partial charge in [-0.05, 0) is 30.7 Å². The fourth-order valence-electron chi connectivity index (χ4n) is 1.36. The molecule has 1 unspecified atom stereocenters. The second kappa shape index (κ2) is 4.35. The molecule has 4 heteroatoms. The Bertz CT molecular complexity index is 461. The minimum absolute atomic E-state index is 0.325. The zero-order valence-electron chi connectivity index (χ0n) is 9.47. The van der Waals surface area contributed by atoms with Crippen LogP contribution in [0.4, 0.5) is 5.69 Å². The highest BCUT2D eigenvalue weighted by molar-refractivity contribution is 5.56. The molecule has 0 amide bonds. The van der Waals surface area contributed by atoms with Crippen molar-refractivity contribution in [2.75, 3.05) is 5.73 Å². The molecule has 2 aromatic rings. The third-order valence-electron chi connectivity index (χ3n) is 2.65. The van der Waals surface area contributed by atoms with Crippen molar-refractivity contribution in [2.45, 2.75) is 26.2 Å². The summed E-state index contributed by atoms with van der Waals surface area (Å²) < 4.78 is 5.21. The maximum atomic E-state index is 5.61. The van der Waals surface area contributed by atoms with Gasteiger partial charge in [-0.2, -0.15) is 4.98 Å². The van der Waals surface area contributed by atoms with Crippen molar-refractivity contribution in [3.8, 4) is 11.5 Å². The maximum absolute atomic E-state index is 5.61. The van der Waals surface area contributed by atoms with Gasteiger partial charge in [0.25, 0.3) is 5.89 Å². The molecule has 0 spiro atoms. The van der Waals surface area contributed by atoms with Crippen molar-refractivity contribution in [2.24, 2.45) is 0 Å². The first-order chi connectivity index (χ1) is 7.70. The minimum atomic E-state index is 0.325. The third-order valence-corrected chi connectivity index (χ3v) is 2.65. The van der Waals surface area contributed by atoms with Gasteiger partial charge in [0, 0.05) is 17.2 Å². The van der Waals surface area contributed by atoms with Crippen LogP contribution in [0.15, 0.2) is 28.8 Å². The van der Waals surface area contributed by atoms with Gasteiger partial charge in [-0.25, -0.2) is 0 Å². The summed E-state index contributed by atoms with van der Waals surface area (Å²) in [6.07, 6.45) is 1.00. The molecule has 2 N–H and O–H groups in total. The van der Waals surface area contributed by atoms with E-state index in [1.54, 1.807) is 0 Å². The Morgan fingerprint density at radius 2 is 2.00 bits per heavy atom. The number of nitrogens with zero attached hydrogens (tertiary/aromatic N) is 2. The van der Waals surface area contributed by atoms with E-state index in [1.807, 2.05) is 24.3 Å². The lowest BCUT2D eigenvalue weighted by molar-refractivity contribution is 0.416. The Balaban J connectivity index is 2.28. The molecule has 84 valence electrons. The highest BCUT2D eigenvalue weighted by Crippen LogP contribution is 2.22. The molecule has 1 aromatic heterocycles. The number of hydrogen-bond acceptors (Lipinski definition) is 4. The normalized spacial score (nSPS) is 12.6. The molecule has 0 bridgehead atoms. The summed E-state index contributed by atoms with van der Waals surface area (Å²) >= 11 is 0. The first-order valence-electron chi connectivity index (χ1n) is 5.40. The summed E-state index contributed by atoms with van der Waals surface area (Å²) in [5.41, 5.74) is 7.24. The molecule has 1 heterocycles. The molecule has 0 saturated carbocycles. The molecule has 1 aromatic carbocycles. The van der Waals surface area contributed by atoms with Crippen molar-refractivity contribution >= 4 is 5.69 Å². The van der Waals surface area contributed by atoms with Gasteiger partial charge in [0.2, 0.25) is 0 Å². The van der Waals surface area contributed by atoms with Gasteiger partial charge in [-0.1, -0.05) is 19.0 Å². The number of rotatable bonds is 3.